The third-order valence-electron chi connectivity index (χ3n) is 4.73. The van der Waals surface area contributed by atoms with Gasteiger partial charge in [0.2, 0.25) is 11.8 Å². The number of carbonyl (C=O) groups is 2. The van der Waals surface area contributed by atoms with E-state index >= 15 is 0 Å². The summed E-state index contributed by atoms with van der Waals surface area (Å²) in [5, 5.41) is 6.79. The van der Waals surface area contributed by atoms with Crippen LogP contribution in [-0.4, -0.2) is 28.5 Å². The van der Waals surface area contributed by atoms with Crippen molar-refractivity contribution in [2.24, 2.45) is 5.92 Å². The van der Waals surface area contributed by atoms with E-state index in [0.717, 1.165) is 11.3 Å². The van der Waals surface area contributed by atoms with Gasteiger partial charge in [0.1, 0.15) is 0 Å². The van der Waals surface area contributed by atoms with Gasteiger partial charge in [0.05, 0.1) is 5.92 Å². The summed E-state index contributed by atoms with van der Waals surface area (Å²) in [7, 11) is 0. The summed E-state index contributed by atoms with van der Waals surface area (Å²) in [6.07, 6.45) is 0.886. The Kier molecular flexibility index (Phi) is 4.89. The van der Waals surface area contributed by atoms with Crippen LogP contribution in [0.15, 0.2) is 59.1 Å². The van der Waals surface area contributed by atoms with Crippen LogP contribution in [-0.2, 0) is 16.0 Å². The zero-order chi connectivity index (χ0) is 19.5. The normalized spacial score (nSPS) is 16.4. The highest BCUT2D eigenvalue weighted by Crippen LogP contribution is 2.27. The van der Waals surface area contributed by atoms with Gasteiger partial charge in [-0.3, -0.25) is 9.59 Å². The van der Waals surface area contributed by atoms with Crippen LogP contribution < -0.4 is 10.2 Å². The van der Waals surface area contributed by atoms with Crippen molar-refractivity contribution in [2.45, 2.75) is 19.8 Å². The number of hydrogen-bond acceptors (Lipinski definition) is 5. The Balaban J connectivity index is 1.45. The van der Waals surface area contributed by atoms with Crippen molar-refractivity contribution in [3.8, 4) is 11.5 Å². The van der Waals surface area contributed by atoms with Crippen LogP contribution in [0, 0.1) is 5.92 Å². The predicted octanol–water partition coefficient (Wildman–Crippen LogP) is 3.29. The van der Waals surface area contributed by atoms with Gasteiger partial charge in [0.15, 0.2) is 5.82 Å². The van der Waals surface area contributed by atoms with Crippen LogP contribution >= 0.6 is 0 Å². The highest BCUT2D eigenvalue weighted by atomic mass is 16.5. The molecule has 1 aromatic heterocycles. The summed E-state index contributed by atoms with van der Waals surface area (Å²) in [6.45, 7) is 2.32. The lowest BCUT2D eigenvalue weighted by Crippen LogP contribution is -2.28. The molecule has 2 aromatic carbocycles. The lowest BCUT2D eigenvalue weighted by molar-refractivity contribution is -0.122. The van der Waals surface area contributed by atoms with E-state index in [2.05, 4.69) is 15.5 Å². The summed E-state index contributed by atoms with van der Waals surface area (Å²) in [5.74, 6) is 0.433. The number of nitrogens with one attached hydrogen (secondary N) is 1. The van der Waals surface area contributed by atoms with E-state index in [1.807, 2.05) is 49.4 Å². The van der Waals surface area contributed by atoms with Gasteiger partial charge in [-0.25, -0.2) is 0 Å². The van der Waals surface area contributed by atoms with E-state index < -0.39 is 5.92 Å². The molecule has 0 radical (unpaired) electrons. The molecule has 1 saturated heterocycles. The number of hydrogen-bond donors (Lipinski definition) is 1. The van der Waals surface area contributed by atoms with Crippen LogP contribution in [0.4, 0.5) is 11.4 Å². The van der Waals surface area contributed by atoms with Gasteiger partial charge in [-0.15, -0.1) is 0 Å². The van der Waals surface area contributed by atoms with E-state index in [-0.39, 0.29) is 18.2 Å². The average molecular weight is 376 g/mol. The second-order valence-electron chi connectivity index (χ2n) is 6.68. The Morgan fingerprint density at radius 1 is 1.21 bits per heavy atom. The quantitative estimate of drug-likeness (QED) is 0.738. The van der Waals surface area contributed by atoms with E-state index in [1.165, 1.54) is 0 Å². The molecule has 0 bridgehead atoms. The van der Waals surface area contributed by atoms with Gasteiger partial charge in [-0.1, -0.05) is 36.3 Å². The molecule has 1 N–H and O–H groups in total. The number of anilines is 2. The summed E-state index contributed by atoms with van der Waals surface area (Å²) >= 11 is 0. The molecule has 2 amide bonds. The van der Waals surface area contributed by atoms with Gasteiger partial charge < -0.3 is 14.7 Å². The molecular weight excluding hydrogens is 356 g/mol. The van der Waals surface area contributed by atoms with Crippen LogP contribution in [0.1, 0.15) is 19.2 Å². The van der Waals surface area contributed by atoms with Gasteiger partial charge in [0.25, 0.3) is 5.89 Å². The fourth-order valence-electron chi connectivity index (χ4n) is 3.23. The minimum absolute atomic E-state index is 0.0435. The van der Waals surface area contributed by atoms with E-state index in [9.17, 15) is 9.59 Å². The number of benzene rings is 2. The molecule has 1 aliphatic heterocycles. The number of aryl methyl sites for hydroxylation is 1. The van der Waals surface area contributed by atoms with E-state index in [4.69, 9.17) is 4.52 Å². The predicted molar refractivity (Wildman–Crippen MR) is 105 cm³/mol. The lowest BCUT2D eigenvalue weighted by Gasteiger charge is -2.16. The van der Waals surface area contributed by atoms with Crippen molar-refractivity contribution < 1.29 is 14.1 Å². The van der Waals surface area contributed by atoms with E-state index in [1.54, 1.807) is 17.0 Å². The summed E-state index contributed by atoms with van der Waals surface area (Å²) < 4.78 is 5.25. The summed E-state index contributed by atoms with van der Waals surface area (Å²) in [4.78, 5) is 31.0. The Hall–Kier alpha value is -3.48. The largest absolute Gasteiger partial charge is 0.334 e. The van der Waals surface area contributed by atoms with E-state index in [0.29, 0.717) is 30.4 Å². The maximum atomic E-state index is 12.7. The third-order valence-corrected chi connectivity index (χ3v) is 4.73. The molecule has 142 valence electrons. The van der Waals surface area contributed by atoms with Crippen LogP contribution in [0.25, 0.3) is 11.5 Å². The number of aromatic nitrogens is 2. The Morgan fingerprint density at radius 2 is 2.04 bits per heavy atom. The van der Waals surface area contributed by atoms with Crippen molar-refractivity contribution in [3.63, 3.8) is 0 Å². The number of rotatable bonds is 5. The number of para-hydroxylation sites is 1. The molecule has 3 aromatic rings. The molecule has 1 aliphatic rings. The molecule has 28 heavy (non-hydrogen) atoms. The standard InChI is InChI=1S/C21H20N4O3/c1-2-18-23-21(28-24-18)14-7-6-8-16(11-14)22-20(27)15-12-19(26)25(13-15)17-9-4-3-5-10-17/h3-11,15H,2,12-13H2,1H3,(H,22,27)/t15-/m1/s1. The van der Waals surface area contributed by atoms with Gasteiger partial charge in [-0.05, 0) is 30.3 Å². The Labute approximate surface area is 162 Å². The molecule has 0 saturated carbocycles. The molecule has 4 rings (SSSR count). The highest BCUT2D eigenvalue weighted by Gasteiger charge is 2.35. The smallest absolute Gasteiger partial charge is 0.257 e. The van der Waals surface area contributed by atoms with Crippen molar-refractivity contribution >= 4 is 23.2 Å². The molecular formula is C21H20N4O3. The summed E-state index contributed by atoms with van der Waals surface area (Å²) in [5.41, 5.74) is 2.18. The molecule has 2 heterocycles. The van der Waals surface area contributed by atoms with Crippen LogP contribution in [0.5, 0.6) is 0 Å². The van der Waals surface area contributed by atoms with Crippen molar-refractivity contribution in [3.05, 3.63) is 60.4 Å². The number of carbonyl (C=O) groups excluding carboxylic acids is 2. The Bertz CT molecular complexity index is 1000. The fraction of sp³-hybridized carbons (Fsp3) is 0.238. The zero-order valence-electron chi connectivity index (χ0n) is 15.5. The maximum absolute atomic E-state index is 12.7. The van der Waals surface area contributed by atoms with Gasteiger partial charge in [0, 0.05) is 36.3 Å². The number of nitrogens with zero attached hydrogens (tertiary/aromatic N) is 3. The molecule has 0 aliphatic carbocycles. The zero-order valence-corrected chi connectivity index (χ0v) is 15.5. The molecule has 7 heteroatoms. The summed E-state index contributed by atoms with van der Waals surface area (Å²) in [6, 6.07) is 16.6. The van der Waals surface area contributed by atoms with Crippen molar-refractivity contribution in [2.75, 3.05) is 16.8 Å². The highest BCUT2D eigenvalue weighted by molar-refractivity contribution is 6.03. The minimum Gasteiger partial charge on any atom is -0.334 e. The first-order valence-electron chi connectivity index (χ1n) is 9.23. The number of amides is 2. The second-order valence-corrected chi connectivity index (χ2v) is 6.68. The van der Waals surface area contributed by atoms with Crippen molar-refractivity contribution in [1.29, 1.82) is 0 Å². The fourth-order valence-corrected chi connectivity index (χ4v) is 3.23. The van der Waals surface area contributed by atoms with Crippen LogP contribution in [0.2, 0.25) is 0 Å². The average Bonchev–Trinajstić information content (AvgIpc) is 3.36. The maximum Gasteiger partial charge on any atom is 0.257 e. The minimum atomic E-state index is -0.397. The first-order chi connectivity index (χ1) is 13.6. The molecule has 7 nitrogen and oxygen atoms in total. The SMILES string of the molecule is CCc1noc(-c2cccc(NC(=O)[C@@H]3CC(=O)N(c4ccccc4)C3)c2)n1. The first-order valence-corrected chi connectivity index (χ1v) is 9.23. The Morgan fingerprint density at radius 3 is 2.79 bits per heavy atom. The molecule has 1 fully saturated rings. The first kappa shape index (κ1) is 17.9. The van der Waals surface area contributed by atoms with Crippen molar-refractivity contribution in [1.82, 2.24) is 10.1 Å². The lowest BCUT2D eigenvalue weighted by atomic mass is 10.1. The van der Waals surface area contributed by atoms with Crippen LogP contribution in [0.3, 0.4) is 0 Å². The topological polar surface area (TPSA) is 88.3 Å². The molecule has 1 atom stereocenters. The monoisotopic (exact) mass is 376 g/mol. The molecule has 0 unspecified atom stereocenters. The third kappa shape index (κ3) is 3.64. The molecule has 0 spiro atoms. The second kappa shape index (κ2) is 7.64. The van der Waals surface area contributed by atoms with Gasteiger partial charge >= 0.3 is 0 Å². The van der Waals surface area contributed by atoms with Gasteiger partial charge in [-0.2, -0.15) is 4.98 Å².